The lowest BCUT2D eigenvalue weighted by Crippen LogP contribution is -2.37. The van der Waals surface area contributed by atoms with E-state index in [1.54, 1.807) is 0 Å². The van der Waals surface area contributed by atoms with E-state index in [1.807, 2.05) is 0 Å². The number of rotatable bonds is 2. The Hall–Kier alpha value is 0.310. The van der Waals surface area contributed by atoms with Crippen LogP contribution in [0, 0.1) is 5.92 Å². The van der Waals surface area contributed by atoms with Gasteiger partial charge in [0.05, 0.1) is 5.60 Å². The van der Waals surface area contributed by atoms with Gasteiger partial charge in [0.2, 0.25) is 0 Å². The zero-order valence-electron chi connectivity index (χ0n) is 8.04. The summed E-state index contributed by atoms with van der Waals surface area (Å²) >= 11 is 2.14. The van der Waals surface area contributed by atoms with Gasteiger partial charge in [0, 0.05) is 10.5 Å². The molecule has 0 aromatic carbocycles. The second kappa shape index (κ2) is 2.90. The van der Waals surface area contributed by atoms with Gasteiger partial charge in [-0.15, -0.1) is 0 Å². The summed E-state index contributed by atoms with van der Waals surface area (Å²) in [5.74, 6) is 0.882. The molecule has 2 unspecified atom stereocenters. The molecule has 2 atom stereocenters. The van der Waals surface area contributed by atoms with Gasteiger partial charge in [0.15, 0.2) is 0 Å². The molecule has 2 bridgehead atoms. The van der Waals surface area contributed by atoms with E-state index in [1.165, 1.54) is 25.7 Å². The van der Waals surface area contributed by atoms with Gasteiger partial charge in [-0.3, -0.25) is 0 Å². The maximum Gasteiger partial charge on any atom is 0.0671 e. The Morgan fingerprint density at radius 2 is 1.69 bits per heavy atom. The molecule has 0 aromatic heterocycles. The molecule has 13 heavy (non-hydrogen) atoms. The molecule has 3 aliphatic rings. The first kappa shape index (κ1) is 8.60. The average molecular weight is 198 g/mol. The number of thioether (sulfide) groups is 1. The van der Waals surface area contributed by atoms with Crippen LogP contribution in [0.2, 0.25) is 0 Å². The minimum atomic E-state index is -0.252. The van der Waals surface area contributed by atoms with Crippen molar-refractivity contribution in [2.45, 2.75) is 61.0 Å². The summed E-state index contributed by atoms with van der Waals surface area (Å²) in [5, 5.41) is 12.0. The Labute approximate surface area is 84.3 Å². The lowest BCUT2D eigenvalue weighted by atomic mass is 9.88. The van der Waals surface area contributed by atoms with Crippen LogP contribution in [0.4, 0.5) is 0 Å². The molecule has 2 heteroatoms. The molecule has 2 saturated heterocycles. The van der Waals surface area contributed by atoms with Crippen LogP contribution in [0.3, 0.4) is 0 Å². The van der Waals surface area contributed by atoms with Gasteiger partial charge in [-0.2, -0.15) is 11.8 Å². The van der Waals surface area contributed by atoms with E-state index in [4.69, 9.17) is 0 Å². The number of hydrogen-bond acceptors (Lipinski definition) is 2. The number of hydrogen-bond donors (Lipinski definition) is 1. The van der Waals surface area contributed by atoms with E-state index >= 15 is 0 Å². The lowest BCUT2D eigenvalue weighted by molar-refractivity contribution is 0.0102. The third kappa shape index (κ3) is 1.75. The van der Waals surface area contributed by atoms with Crippen LogP contribution >= 0.6 is 11.8 Å². The molecule has 0 radical (unpaired) electrons. The van der Waals surface area contributed by atoms with Crippen molar-refractivity contribution < 1.29 is 5.11 Å². The monoisotopic (exact) mass is 198 g/mol. The molecular weight excluding hydrogens is 180 g/mol. The van der Waals surface area contributed by atoms with E-state index in [2.05, 4.69) is 11.8 Å². The summed E-state index contributed by atoms with van der Waals surface area (Å²) < 4.78 is 0. The smallest absolute Gasteiger partial charge is 0.0671 e. The van der Waals surface area contributed by atoms with Crippen LogP contribution in [0.25, 0.3) is 0 Å². The Balaban J connectivity index is 1.68. The highest BCUT2D eigenvalue weighted by Gasteiger charge is 2.45. The summed E-state index contributed by atoms with van der Waals surface area (Å²) in [6.07, 6.45) is 8.77. The van der Waals surface area contributed by atoms with Gasteiger partial charge < -0.3 is 5.11 Å². The Bertz CT molecular complexity index is 200. The zero-order valence-corrected chi connectivity index (χ0v) is 8.85. The minimum absolute atomic E-state index is 0.252. The molecule has 0 amide bonds. The fourth-order valence-corrected chi connectivity index (χ4v) is 4.94. The van der Waals surface area contributed by atoms with Crippen molar-refractivity contribution in [1.29, 1.82) is 0 Å². The maximum atomic E-state index is 10.4. The number of aliphatic hydroxyl groups is 1. The van der Waals surface area contributed by atoms with E-state index < -0.39 is 0 Å². The van der Waals surface area contributed by atoms with Crippen LogP contribution in [0.1, 0.15) is 44.9 Å². The quantitative estimate of drug-likeness (QED) is 0.736. The van der Waals surface area contributed by atoms with E-state index in [9.17, 15) is 5.11 Å². The first-order valence-electron chi connectivity index (χ1n) is 5.61. The summed E-state index contributed by atoms with van der Waals surface area (Å²) in [6, 6.07) is 0. The van der Waals surface area contributed by atoms with E-state index in [-0.39, 0.29) is 5.60 Å². The molecule has 74 valence electrons. The highest BCUT2D eigenvalue weighted by Crippen LogP contribution is 2.51. The highest BCUT2D eigenvalue weighted by molar-refractivity contribution is 8.00. The standard InChI is InChI=1S/C11H18OS/c12-11(5-8-1-2-8)6-9-3-4-10(7-11)13-9/h8-10,12H,1-7H2. The summed E-state index contributed by atoms with van der Waals surface area (Å²) in [5.41, 5.74) is -0.252. The predicted molar refractivity (Wildman–Crippen MR) is 55.9 cm³/mol. The first-order chi connectivity index (χ1) is 6.23. The van der Waals surface area contributed by atoms with Crippen molar-refractivity contribution in [3.05, 3.63) is 0 Å². The third-order valence-electron chi connectivity index (χ3n) is 3.78. The molecule has 2 aliphatic heterocycles. The molecule has 1 N–H and O–H groups in total. The second-order valence-electron chi connectivity index (χ2n) is 5.24. The number of fused-ring (bicyclic) bond motifs is 2. The molecule has 2 heterocycles. The van der Waals surface area contributed by atoms with Crippen LogP contribution in [-0.4, -0.2) is 21.2 Å². The molecule has 1 saturated carbocycles. The lowest BCUT2D eigenvalue weighted by Gasteiger charge is -2.36. The van der Waals surface area contributed by atoms with Crippen molar-refractivity contribution >= 4 is 11.8 Å². The largest absolute Gasteiger partial charge is 0.390 e. The third-order valence-corrected chi connectivity index (χ3v) is 5.35. The summed E-state index contributed by atoms with van der Waals surface area (Å²) in [7, 11) is 0. The normalized spacial score (nSPS) is 49.6. The molecule has 3 fully saturated rings. The Morgan fingerprint density at radius 1 is 1.08 bits per heavy atom. The topological polar surface area (TPSA) is 20.2 Å². The predicted octanol–water partition coefficient (Wildman–Crippen LogP) is 2.58. The Morgan fingerprint density at radius 3 is 2.23 bits per heavy atom. The minimum Gasteiger partial charge on any atom is -0.390 e. The molecule has 0 spiro atoms. The van der Waals surface area contributed by atoms with E-state index in [0.29, 0.717) is 0 Å². The molecular formula is C11H18OS. The summed E-state index contributed by atoms with van der Waals surface area (Å²) in [6.45, 7) is 0. The maximum absolute atomic E-state index is 10.4. The Kier molecular flexibility index (Phi) is 1.92. The second-order valence-corrected chi connectivity index (χ2v) is 6.84. The van der Waals surface area contributed by atoms with Gasteiger partial charge in [-0.25, -0.2) is 0 Å². The SMILES string of the molecule is OC1(CC2CC2)CC2CCC(C1)S2. The van der Waals surface area contributed by atoms with Gasteiger partial charge >= 0.3 is 0 Å². The first-order valence-corrected chi connectivity index (χ1v) is 6.56. The fraction of sp³-hybridized carbons (Fsp3) is 1.00. The average Bonchev–Trinajstić information content (AvgIpc) is 2.77. The zero-order chi connectivity index (χ0) is 8.89. The van der Waals surface area contributed by atoms with Gasteiger partial charge in [0.25, 0.3) is 0 Å². The van der Waals surface area contributed by atoms with Gasteiger partial charge in [0.1, 0.15) is 0 Å². The highest BCUT2D eigenvalue weighted by atomic mass is 32.2. The summed E-state index contributed by atoms with van der Waals surface area (Å²) in [4.78, 5) is 0. The van der Waals surface area contributed by atoms with Crippen molar-refractivity contribution in [1.82, 2.24) is 0 Å². The van der Waals surface area contributed by atoms with Crippen molar-refractivity contribution in [3.8, 4) is 0 Å². The molecule has 3 rings (SSSR count). The van der Waals surface area contributed by atoms with Crippen LogP contribution in [0.5, 0.6) is 0 Å². The van der Waals surface area contributed by atoms with E-state index in [0.717, 1.165) is 35.7 Å². The van der Waals surface area contributed by atoms with Gasteiger partial charge in [-0.05, 0) is 38.0 Å². The van der Waals surface area contributed by atoms with Crippen LogP contribution in [-0.2, 0) is 0 Å². The fourth-order valence-electron chi connectivity index (χ4n) is 3.04. The molecule has 0 aromatic rings. The molecule has 1 aliphatic carbocycles. The molecule has 1 nitrogen and oxygen atoms in total. The van der Waals surface area contributed by atoms with Crippen molar-refractivity contribution in [3.63, 3.8) is 0 Å². The van der Waals surface area contributed by atoms with Crippen molar-refractivity contribution in [2.24, 2.45) is 5.92 Å². The van der Waals surface area contributed by atoms with Gasteiger partial charge in [-0.1, -0.05) is 12.8 Å². The van der Waals surface area contributed by atoms with Crippen LogP contribution < -0.4 is 0 Å². The van der Waals surface area contributed by atoms with Crippen LogP contribution in [0.15, 0.2) is 0 Å². The van der Waals surface area contributed by atoms with Crippen molar-refractivity contribution in [2.75, 3.05) is 0 Å².